The van der Waals surface area contributed by atoms with Gasteiger partial charge in [0, 0.05) is 5.69 Å². The lowest BCUT2D eigenvalue weighted by molar-refractivity contribution is 0.0375. The number of rotatable bonds is 11. The first-order valence-corrected chi connectivity index (χ1v) is 14.4. The lowest BCUT2D eigenvalue weighted by Gasteiger charge is -2.20. The van der Waals surface area contributed by atoms with Crippen molar-refractivity contribution in [1.29, 1.82) is 0 Å². The Morgan fingerprint density at radius 1 is 0.744 bits per heavy atom. The largest absolute Gasteiger partial charge is 0.478 e. The first kappa shape index (κ1) is 29.3. The molecule has 0 fully saturated rings. The summed E-state index contributed by atoms with van der Waals surface area (Å²) in [5.74, 6) is -1.67. The van der Waals surface area contributed by atoms with E-state index in [1.165, 1.54) is 0 Å². The van der Waals surface area contributed by atoms with Crippen LogP contribution < -0.4 is 5.56 Å². The highest BCUT2D eigenvalue weighted by Crippen LogP contribution is 2.27. The lowest BCUT2D eigenvalue weighted by Crippen LogP contribution is -2.30. The van der Waals surface area contributed by atoms with E-state index in [-0.39, 0.29) is 17.7 Å². The number of hydrogen-bond acceptors (Lipinski definition) is 4. The van der Waals surface area contributed by atoms with Gasteiger partial charge in [-0.25, -0.2) is 9.59 Å². The molecule has 0 spiro atoms. The summed E-state index contributed by atoms with van der Waals surface area (Å²) in [4.78, 5) is 39.1. The fraction of sp³-hybridized carbons (Fsp3) is 0.162. The molecule has 5 aromatic rings. The Morgan fingerprint density at radius 3 is 1.95 bits per heavy atom. The van der Waals surface area contributed by atoms with Crippen LogP contribution in [-0.2, 0) is 17.7 Å². The molecule has 0 aliphatic carbocycles. The monoisotopic (exact) mass is 571 g/mol. The Labute approximate surface area is 250 Å². The number of ether oxygens (including phenoxy) is 1. The Hall–Kier alpha value is -5.23. The van der Waals surface area contributed by atoms with Crippen LogP contribution >= 0.6 is 0 Å². The molecular formula is C37H33NO5. The number of benzene rings is 4. The Kier molecular flexibility index (Phi) is 9.27. The summed E-state index contributed by atoms with van der Waals surface area (Å²) in [6.07, 6.45) is 1.90. The maximum absolute atomic E-state index is 13.9. The standard InChI is InChI=1S/C37H33NO5/c1-2-3-16-30-23-24-33(37(42)43-34(28-12-6-4-7-13-28)29-14-8-5-9-15-29)35(39)38(30)25-26-19-21-27(22-20-26)31-17-10-11-18-32(31)36(40)41/h4-15,17-24,34H,2-3,16,25H2,1H3,(H,40,41). The third-order valence-electron chi connectivity index (χ3n) is 7.46. The number of carboxylic acid groups (broad SMARTS) is 1. The van der Waals surface area contributed by atoms with Gasteiger partial charge in [-0.15, -0.1) is 0 Å². The molecule has 0 saturated carbocycles. The van der Waals surface area contributed by atoms with Crippen molar-refractivity contribution in [2.45, 2.75) is 38.8 Å². The molecule has 0 atom stereocenters. The summed E-state index contributed by atoms with van der Waals surface area (Å²) >= 11 is 0. The van der Waals surface area contributed by atoms with Crippen LogP contribution in [0.25, 0.3) is 11.1 Å². The molecule has 5 rings (SSSR count). The summed E-state index contributed by atoms with van der Waals surface area (Å²) in [5, 5.41) is 9.59. The minimum Gasteiger partial charge on any atom is -0.478 e. The number of esters is 1. The quantitative estimate of drug-likeness (QED) is 0.166. The lowest BCUT2D eigenvalue weighted by atomic mass is 9.98. The molecule has 1 N–H and O–H groups in total. The minimum atomic E-state index is -0.989. The van der Waals surface area contributed by atoms with E-state index in [0.29, 0.717) is 12.0 Å². The van der Waals surface area contributed by atoms with Crippen LogP contribution in [0.5, 0.6) is 0 Å². The van der Waals surface area contributed by atoms with E-state index in [9.17, 15) is 19.5 Å². The van der Waals surface area contributed by atoms with Gasteiger partial charge in [0.25, 0.3) is 5.56 Å². The van der Waals surface area contributed by atoms with E-state index < -0.39 is 23.6 Å². The maximum atomic E-state index is 13.9. The topological polar surface area (TPSA) is 85.6 Å². The number of carbonyl (C=O) groups excluding carboxylic acids is 1. The number of hydrogen-bond donors (Lipinski definition) is 1. The van der Waals surface area contributed by atoms with E-state index in [4.69, 9.17) is 4.74 Å². The van der Waals surface area contributed by atoms with Crippen LogP contribution in [0.3, 0.4) is 0 Å². The van der Waals surface area contributed by atoms with Crippen molar-refractivity contribution >= 4 is 11.9 Å². The predicted octanol–water partition coefficient (Wildman–Crippen LogP) is 7.55. The zero-order chi connectivity index (χ0) is 30.2. The summed E-state index contributed by atoms with van der Waals surface area (Å²) < 4.78 is 7.66. The summed E-state index contributed by atoms with van der Waals surface area (Å²) in [6.45, 7) is 2.36. The smallest absolute Gasteiger partial charge is 0.344 e. The number of carboxylic acids is 1. The molecule has 0 radical (unpaired) electrons. The molecule has 1 heterocycles. The molecule has 6 nitrogen and oxygen atoms in total. The zero-order valence-corrected chi connectivity index (χ0v) is 24.0. The molecule has 1 aromatic heterocycles. The first-order valence-electron chi connectivity index (χ1n) is 14.4. The van der Waals surface area contributed by atoms with Gasteiger partial charge < -0.3 is 14.4 Å². The number of pyridine rings is 1. The van der Waals surface area contributed by atoms with Crippen LogP contribution in [0.2, 0.25) is 0 Å². The van der Waals surface area contributed by atoms with Gasteiger partial charge in [-0.05, 0) is 58.9 Å². The number of nitrogens with zero attached hydrogens (tertiary/aromatic N) is 1. The second-order valence-corrected chi connectivity index (χ2v) is 10.4. The number of aromatic carboxylic acids is 1. The van der Waals surface area contributed by atoms with Gasteiger partial charge in [0.15, 0.2) is 6.10 Å². The van der Waals surface area contributed by atoms with Crippen LogP contribution in [0.15, 0.2) is 126 Å². The molecule has 0 unspecified atom stereocenters. The SMILES string of the molecule is CCCCc1ccc(C(=O)OC(c2ccccc2)c2ccccc2)c(=O)n1Cc1ccc(-c2ccccc2C(=O)O)cc1. The molecule has 43 heavy (non-hydrogen) atoms. The van der Waals surface area contributed by atoms with Gasteiger partial charge in [0.05, 0.1) is 12.1 Å². The second-order valence-electron chi connectivity index (χ2n) is 10.4. The molecule has 6 heteroatoms. The average molecular weight is 572 g/mol. The predicted molar refractivity (Wildman–Crippen MR) is 167 cm³/mol. The molecule has 216 valence electrons. The third kappa shape index (κ3) is 6.81. The van der Waals surface area contributed by atoms with Gasteiger partial charge >= 0.3 is 11.9 Å². The van der Waals surface area contributed by atoms with Crippen LogP contribution in [0, 0.1) is 0 Å². The molecule has 0 aliphatic rings. The summed E-state index contributed by atoms with van der Waals surface area (Å²) in [6, 6.07) is 36.7. The number of unbranched alkanes of at least 4 members (excludes halogenated alkanes) is 1. The van der Waals surface area contributed by atoms with Gasteiger partial charge in [-0.1, -0.05) is 116 Å². The van der Waals surface area contributed by atoms with Gasteiger partial charge in [-0.3, -0.25) is 4.79 Å². The Morgan fingerprint density at radius 2 is 1.35 bits per heavy atom. The normalized spacial score (nSPS) is 10.9. The van der Waals surface area contributed by atoms with Gasteiger partial charge in [-0.2, -0.15) is 0 Å². The highest BCUT2D eigenvalue weighted by molar-refractivity contribution is 5.96. The number of carbonyl (C=O) groups is 2. The summed E-state index contributed by atoms with van der Waals surface area (Å²) in [7, 11) is 0. The Bertz CT molecular complexity index is 1720. The minimum absolute atomic E-state index is 0.0240. The highest BCUT2D eigenvalue weighted by Gasteiger charge is 2.23. The zero-order valence-electron chi connectivity index (χ0n) is 24.0. The number of aromatic nitrogens is 1. The van der Waals surface area contributed by atoms with Crippen molar-refractivity contribution in [2.24, 2.45) is 0 Å². The molecular weight excluding hydrogens is 538 g/mol. The van der Waals surface area contributed by atoms with Crippen molar-refractivity contribution in [2.75, 3.05) is 0 Å². The average Bonchev–Trinajstić information content (AvgIpc) is 3.05. The fourth-order valence-corrected chi connectivity index (χ4v) is 5.17. The van der Waals surface area contributed by atoms with E-state index in [0.717, 1.165) is 40.8 Å². The molecule has 0 aliphatic heterocycles. The third-order valence-corrected chi connectivity index (χ3v) is 7.46. The van der Waals surface area contributed by atoms with Crippen molar-refractivity contribution in [1.82, 2.24) is 4.57 Å². The highest BCUT2D eigenvalue weighted by atomic mass is 16.5. The van der Waals surface area contributed by atoms with Crippen LogP contribution in [0.4, 0.5) is 0 Å². The van der Waals surface area contributed by atoms with Crippen molar-refractivity contribution < 1.29 is 19.4 Å². The van der Waals surface area contributed by atoms with E-state index in [2.05, 4.69) is 6.92 Å². The van der Waals surface area contributed by atoms with Crippen LogP contribution in [0.1, 0.15) is 69.0 Å². The number of aryl methyl sites for hydroxylation is 1. The molecule has 0 bridgehead atoms. The molecule has 0 saturated heterocycles. The van der Waals surface area contributed by atoms with Crippen molar-refractivity contribution in [3.05, 3.63) is 165 Å². The second kappa shape index (κ2) is 13.6. The van der Waals surface area contributed by atoms with E-state index in [1.807, 2.05) is 91.0 Å². The molecule has 4 aromatic carbocycles. The van der Waals surface area contributed by atoms with Crippen molar-refractivity contribution in [3.8, 4) is 11.1 Å². The van der Waals surface area contributed by atoms with Crippen molar-refractivity contribution in [3.63, 3.8) is 0 Å². The van der Waals surface area contributed by atoms with E-state index >= 15 is 0 Å². The summed E-state index contributed by atoms with van der Waals surface area (Å²) in [5.41, 5.74) is 4.51. The van der Waals surface area contributed by atoms with Gasteiger partial charge in [0.2, 0.25) is 0 Å². The first-order chi connectivity index (χ1) is 21.0. The fourth-order valence-electron chi connectivity index (χ4n) is 5.17. The molecule has 0 amide bonds. The Balaban J connectivity index is 1.46. The van der Waals surface area contributed by atoms with E-state index in [1.54, 1.807) is 34.9 Å². The van der Waals surface area contributed by atoms with Gasteiger partial charge in [0.1, 0.15) is 5.56 Å². The van der Waals surface area contributed by atoms with Crippen LogP contribution in [-0.4, -0.2) is 21.6 Å². The maximum Gasteiger partial charge on any atom is 0.344 e.